The van der Waals surface area contributed by atoms with E-state index in [0.717, 1.165) is 24.0 Å². The van der Waals surface area contributed by atoms with Gasteiger partial charge < -0.3 is 9.09 Å². The number of halogens is 3. The van der Waals surface area contributed by atoms with Gasteiger partial charge in [-0.1, -0.05) is 19.0 Å². The van der Waals surface area contributed by atoms with Crippen molar-refractivity contribution in [1.82, 2.24) is 24.6 Å². The molecule has 0 spiro atoms. The lowest BCUT2D eigenvalue weighted by molar-refractivity contribution is -0.141. The lowest BCUT2D eigenvalue weighted by atomic mass is 10.2. The molecule has 0 saturated carbocycles. The first kappa shape index (κ1) is 16.9. The van der Waals surface area contributed by atoms with Gasteiger partial charge in [0, 0.05) is 18.3 Å². The molecule has 0 N–H and O–H groups in total. The van der Waals surface area contributed by atoms with Gasteiger partial charge in [-0.05, 0) is 19.4 Å². The van der Waals surface area contributed by atoms with Crippen molar-refractivity contribution in [2.75, 3.05) is 6.54 Å². The zero-order valence-electron chi connectivity index (χ0n) is 13.6. The number of rotatable bonds is 5. The monoisotopic (exact) mass is 343 g/mol. The van der Waals surface area contributed by atoms with Crippen molar-refractivity contribution in [3.05, 3.63) is 29.9 Å². The minimum atomic E-state index is -4.26. The maximum atomic E-state index is 12.6. The Labute approximate surface area is 137 Å². The summed E-state index contributed by atoms with van der Waals surface area (Å²) in [7, 11) is 0. The highest BCUT2D eigenvalue weighted by Crippen LogP contribution is 2.32. The van der Waals surface area contributed by atoms with Gasteiger partial charge in [0.05, 0.1) is 12.6 Å². The van der Waals surface area contributed by atoms with Crippen LogP contribution in [0.25, 0.3) is 0 Å². The van der Waals surface area contributed by atoms with Crippen molar-refractivity contribution >= 4 is 0 Å². The van der Waals surface area contributed by atoms with E-state index in [0.29, 0.717) is 24.1 Å². The molecule has 3 heterocycles. The Bertz CT molecular complexity index is 679. The highest BCUT2D eigenvalue weighted by Gasteiger charge is 2.33. The smallest absolute Gasteiger partial charge is 0.339 e. The fraction of sp³-hybridized carbons (Fsp3) is 0.667. The van der Waals surface area contributed by atoms with Crippen LogP contribution < -0.4 is 0 Å². The predicted molar refractivity (Wildman–Crippen MR) is 79.1 cm³/mol. The summed E-state index contributed by atoms with van der Waals surface area (Å²) in [6.07, 6.45) is 0.295. The van der Waals surface area contributed by atoms with Crippen LogP contribution in [0.5, 0.6) is 0 Å². The van der Waals surface area contributed by atoms with Gasteiger partial charge in [-0.3, -0.25) is 4.90 Å². The molecule has 132 valence electrons. The molecule has 1 saturated heterocycles. The average molecular weight is 343 g/mol. The van der Waals surface area contributed by atoms with Crippen LogP contribution in [0.3, 0.4) is 0 Å². The summed E-state index contributed by atoms with van der Waals surface area (Å²) in [6, 6.07) is -0.0442. The zero-order chi connectivity index (χ0) is 17.3. The Morgan fingerprint density at radius 1 is 1.38 bits per heavy atom. The molecule has 0 aromatic carbocycles. The number of hydrogen-bond donors (Lipinski definition) is 0. The maximum absolute atomic E-state index is 12.6. The van der Waals surface area contributed by atoms with Crippen LogP contribution in [0.15, 0.2) is 16.9 Å². The van der Waals surface area contributed by atoms with E-state index in [1.165, 1.54) is 12.4 Å². The van der Waals surface area contributed by atoms with Crippen molar-refractivity contribution in [2.24, 2.45) is 0 Å². The molecular weight excluding hydrogens is 323 g/mol. The average Bonchev–Trinajstić information content (AvgIpc) is 3.18. The van der Waals surface area contributed by atoms with Gasteiger partial charge in [0.2, 0.25) is 5.89 Å². The molecule has 0 amide bonds. The quantitative estimate of drug-likeness (QED) is 0.834. The number of alkyl halides is 3. The second-order valence-corrected chi connectivity index (χ2v) is 6.36. The van der Waals surface area contributed by atoms with Gasteiger partial charge in [0.25, 0.3) is 0 Å². The molecule has 9 heteroatoms. The zero-order valence-corrected chi connectivity index (χ0v) is 13.6. The van der Waals surface area contributed by atoms with E-state index in [-0.39, 0.29) is 12.0 Å². The Morgan fingerprint density at radius 3 is 2.83 bits per heavy atom. The lowest BCUT2D eigenvalue weighted by Gasteiger charge is -2.22. The summed E-state index contributed by atoms with van der Waals surface area (Å²) in [4.78, 5) is 10.6. The molecule has 1 atom stereocenters. The Balaban J connectivity index is 1.73. The van der Waals surface area contributed by atoms with Crippen molar-refractivity contribution in [3.8, 4) is 0 Å². The molecule has 0 bridgehead atoms. The molecule has 2 aromatic rings. The first-order chi connectivity index (χ1) is 11.3. The van der Waals surface area contributed by atoms with Crippen LogP contribution >= 0.6 is 0 Å². The van der Waals surface area contributed by atoms with Crippen LogP contribution in [0.1, 0.15) is 56.2 Å². The molecule has 1 aliphatic heterocycles. The summed E-state index contributed by atoms with van der Waals surface area (Å²) in [5.41, 5.74) is 0. The van der Waals surface area contributed by atoms with Crippen molar-refractivity contribution in [1.29, 1.82) is 0 Å². The van der Waals surface area contributed by atoms with Gasteiger partial charge in [-0.2, -0.15) is 18.2 Å². The number of likely N-dealkylation sites (tertiary alicyclic amines) is 1. The first-order valence-electron chi connectivity index (χ1n) is 7.98. The van der Waals surface area contributed by atoms with Crippen molar-refractivity contribution < 1.29 is 17.7 Å². The van der Waals surface area contributed by atoms with Crippen molar-refractivity contribution in [3.63, 3.8) is 0 Å². The second kappa shape index (κ2) is 6.54. The van der Waals surface area contributed by atoms with Gasteiger partial charge >= 0.3 is 6.18 Å². The summed E-state index contributed by atoms with van der Waals surface area (Å²) in [5, 5.41) is 4.05. The molecule has 1 aliphatic rings. The molecule has 6 nitrogen and oxygen atoms in total. The SMILES string of the molecule is CC(C)c1nc([C@@H]2CCCN2Cc2nccn2CC(F)(F)F)no1. The third-order valence-electron chi connectivity index (χ3n) is 4.11. The topological polar surface area (TPSA) is 60.0 Å². The van der Waals surface area contributed by atoms with Gasteiger partial charge in [0.1, 0.15) is 12.4 Å². The van der Waals surface area contributed by atoms with Crippen LogP contribution in [0.2, 0.25) is 0 Å². The van der Waals surface area contributed by atoms with Crippen molar-refractivity contribution in [2.45, 2.75) is 57.9 Å². The minimum absolute atomic E-state index is 0.0442. The number of imidazole rings is 1. The summed E-state index contributed by atoms with van der Waals surface area (Å²) in [6.45, 7) is 4.02. The molecular formula is C15H20F3N5O. The van der Waals surface area contributed by atoms with E-state index >= 15 is 0 Å². The maximum Gasteiger partial charge on any atom is 0.406 e. The first-order valence-corrected chi connectivity index (χ1v) is 7.98. The summed E-state index contributed by atoms with van der Waals surface area (Å²) >= 11 is 0. The van der Waals surface area contributed by atoms with E-state index < -0.39 is 12.7 Å². The fourth-order valence-corrected chi connectivity index (χ4v) is 2.94. The van der Waals surface area contributed by atoms with Gasteiger partial charge in [0.15, 0.2) is 5.82 Å². The molecule has 3 rings (SSSR count). The molecule has 0 unspecified atom stereocenters. The molecule has 0 aliphatic carbocycles. The number of aromatic nitrogens is 4. The predicted octanol–water partition coefficient (Wildman–Crippen LogP) is 3.29. The van der Waals surface area contributed by atoms with E-state index in [1.54, 1.807) is 0 Å². The highest BCUT2D eigenvalue weighted by atomic mass is 19.4. The van der Waals surface area contributed by atoms with Crippen LogP contribution in [-0.4, -0.2) is 37.3 Å². The van der Waals surface area contributed by atoms with Crippen LogP contribution in [0.4, 0.5) is 13.2 Å². The minimum Gasteiger partial charge on any atom is -0.339 e. The van der Waals surface area contributed by atoms with E-state index in [2.05, 4.69) is 20.0 Å². The van der Waals surface area contributed by atoms with E-state index in [1.807, 2.05) is 13.8 Å². The lowest BCUT2D eigenvalue weighted by Crippen LogP contribution is -2.27. The second-order valence-electron chi connectivity index (χ2n) is 6.36. The van der Waals surface area contributed by atoms with E-state index in [4.69, 9.17) is 4.52 Å². The highest BCUT2D eigenvalue weighted by molar-refractivity contribution is 5.02. The Morgan fingerprint density at radius 2 is 2.17 bits per heavy atom. The molecule has 2 aromatic heterocycles. The summed E-state index contributed by atoms with van der Waals surface area (Å²) in [5.74, 6) is 1.72. The normalized spacial score (nSPS) is 19.5. The fourth-order valence-electron chi connectivity index (χ4n) is 2.94. The van der Waals surface area contributed by atoms with Gasteiger partial charge in [-0.15, -0.1) is 0 Å². The third kappa shape index (κ3) is 3.77. The summed E-state index contributed by atoms with van der Waals surface area (Å²) < 4.78 is 44.3. The largest absolute Gasteiger partial charge is 0.406 e. The van der Waals surface area contributed by atoms with E-state index in [9.17, 15) is 13.2 Å². The van der Waals surface area contributed by atoms with Crippen LogP contribution in [0, 0.1) is 0 Å². The molecule has 1 fully saturated rings. The Hall–Kier alpha value is -1.90. The number of nitrogens with zero attached hydrogens (tertiary/aromatic N) is 5. The molecule has 0 radical (unpaired) electrons. The standard InChI is InChI=1S/C15H20F3N5O/c1-10(2)14-20-13(21-24-14)11-4-3-6-22(11)8-12-19-5-7-23(12)9-15(16,17)18/h5,7,10-11H,3-4,6,8-9H2,1-2H3/t11-/m0/s1. The van der Waals surface area contributed by atoms with Crippen LogP contribution in [-0.2, 0) is 13.1 Å². The van der Waals surface area contributed by atoms with Gasteiger partial charge in [-0.25, -0.2) is 4.98 Å². The Kier molecular flexibility index (Phi) is 4.62. The number of hydrogen-bond acceptors (Lipinski definition) is 5. The molecule has 24 heavy (non-hydrogen) atoms. The third-order valence-corrected chi connectivity index (χ3v) is 4.11.